The number of aromatic nitrogens is 1. The molecule has 0 radical (unpaired) electrons. The highest BCUT2D eigenvalue weighted by atomic mass is 35.5. The summed E-state index contributed by atoms with van der Waals surface area (Å²) in [5.74, 6) is 1.27. The van der Waals surface area contributed by atoms with Crippen molar-refractivity contribution in [2.24, 2.45) is 11.7 Å². The van der Waals surface area contributed by atoms with E-state index in [2.05, 4.69) is 16.8 Å². The number of halogens is 2. The molecule has 2 atom stereocenters. The fourth-order valence-electron chi connectivity index (χ4n) is 2.00. The summed E-state index contributed by atoms with van der Waals surface area (Å²) in [6.07, 6.45) is 2.60. The molecule has 3 nitrogen and oxygen atoms in total. The number of nitrogens with two attached hydrogens (primary N) is 1. The van der Waals surface area contributed by atoms with Crippen LogP contribution < -0.4 is 10.6 Å². The molecule has 0 bridgehead atoms. The number of piperidine rings is 1. The van der Waals surface area contributed by atoms with Crippen molar-refractivity contribution in [1.82, 2.24) is 4.98 Å². The maximum atomic E-state index is 6.13. The second kappa shape index (κ2) is 4.78. The van der Waals surface area contributed by atoms with E-state index in [0.717, 1.165) is 25.3 Å². The fourth-order valence-corrected chi connectivity index (χ4v) is 2.50. The van der Waals surface area contributed by atoms with Crippen LogP contribution in [0.25, 0.3) is 0 Å². The normalized spacial score (nSPS) is 25.9. The van der Waals surface area contributed by atoms with E-state index in [0.29, 0.717) is 16.0 Å². The van der Waals surface area contributed by atoms with Crippen LogP contribution in [-0.2, 0) is 0 Å². The fraction of sp³-hybridized carbons (Fsp3) is 0.545. The first kappa shape index (κ1) is 12.0. The molecular weight excluding hydrogens is 245 g/mol. The van der Waals surface area contributed by atoms with E-state index in [1.165, 1.54) is 0 Å². The van der Waals surface area contributed by atoms with Gasteiger partial charge in [0.15, 0.2) is 0 Å². The SMILES string of the molecule is CC1CN(c2ncc(Cl)cc2Cl)CCC1N. The highest BCUT2D eigenvalue weighted by molar-refractivity contribution is 6.36. The van der Waals surface area contributed by atoms with Crippen molar-refractivity contribution in [2.45, 2.75) is 19.4 Å². The Labute approximate surface area is 106 Å². The molecule has 1 aliphatic heterocycles. The van der Waals surface area contributed by atoms with Crippen molar-refractivity contribution in [3.63, 3.8) is 0 Å². The number of pyridine rings is 1. The Balaban J connectivity index is 2.18. The van der Waals surface area contributed by atoms with Crippen LogP contribution >= 0.6 is 23.2 Å². The molecular formula is C11H15Cl2N3. The molecule has 0 aromatic carbocycles. The van der Waals surface area contributed by atoms with Gasteiger partial charge in [0, 0.05) is 25.3 Å². The number of nitrogens with zero attached hydrogens (tertiary/aromatic N) is 2. The molecule has 0 saturated carbocycles. The smallest absolute Gasteiger partial charge is 0.147 e. The molecule has 1 saturated heterocycles. The molecule has 1 aromatic rings. The molecule has 2 heterocycles. The number of anilines is 1. The Bertz CT molecular complexity index is 383. The van der Waals surface area contributed by atoms with E-state index in [4.69, 9.17) is 28.9 Å². The van der Waals surface area contributed by atoms with E-state index in [9.17, 15) is 0 Å². The van der Waals surface area contributed by atoms with Crippen molar-refractivity contribution < 1.29 is 0 Å². The first-order chi connectivity index (χ1) is 7.58. The summed E-state index contributed by atoms with van der Waals surface area (Å²) in [6, 6.07) is 2.01. The summed E-state index contributed by atoms with van der Waals surface area (Å²) < 4.78 is 0. The first-order valence-corrected chi connectivity index (χ1v) is 6.15. The highest BCUT2D eigenvalue weighted by Crippen LogP contribution is 2.29. The van der Waals surface area contributed by atoms with Gasteiger partial charge in [-0.3, -0.25) is 0 Å². The Hall–Kier alpha value is -0.510. The molecule has 16 heavy (non-hydrogen) atoms. The van der Waals surface area contributed by atoms with Crippen LogP contribution in [0.4, 0.5) is 5.82 Å². The number of hydrogen-bond acceptors (Lipinski definition) is 3. The third-order valence-corrected chi connectivity index (χ3v) is 3.54. The first-order valence-electron chi connectivity index (χ1n) is 5.39. The predicted molar refractivity (Wildman–Crippen MR) is 68.2 cm³/mol. The Kier molecular flexibility index (Phi) is 3.57. The van der Waals surface area contributed by atoms with Crippen molar-refractivity contribution in [2.75, 3.05) is 18.0 Å². The zero-order valence-corrected chi connectivity index (χ0v) is 10.7. The molecule has 1 aliphatic rings. The van der Waals surface area contributed by atoms with Gasteiger partial charge in [-0.05, 0) is 18.4 Å². The average Bonchev–Trinajstić information content (AvgIpc) is 2.22. The van der Waals surface area contributed by atoms with Gasteiger partial charge in [-0.15, -0.1) is 0 Å². The molecule has 88 valence electrons. The summed E-state index contributed by atoms with van der Waals surface area (Å²) in [7, 11) is 0. The van der Waals surface area contributed by atoms with Crippen molar-refractivity contribution in [3.05, 3.63) is 22.3 Å². The van der Waals surface area contributed by atoms with E-state index >= 15 is 0 Å². The molecule has 0 spiro atoms. The summed E-state index contributed by atoms with van der Waals surface area (Å²) in [5, 5.41) is 1.17. The van der Waals surface area contributed by atoms with Gasteiger partial charge in [0.1, 0.15) is 5.82 Å². The Morgan fingerprint density at radius 2 is 2.25 bits per heavy atom. The quantitative estimate of drug-likeness (QED) is 0.843. The van der Waals surface area contributed by atoms with E-state index in [1.807, 2.05) is 0 Å². The van der Waals surface area contributed by atoms with Crippen LogP contribution in [0.1, 0.15) is 13.3 Å². The maximum absolute atomic E-state index is 6.13. The van der Waals surface area contributed by atoms with Crippen LogP contribution in [-0.4, -0.2) is 24.1 Å². The van der Waals surface area contributed by atoms with Crippen molar-refractivity contribution in [3.8, 4) is 0 Å². The van der Waals surface area contributed by atoms with Crippen LogP contribution in [0.3, 0.4) is 0 Å². The van der Waals surface area contributed by atoms with E-state index < -0.39 is 0 Å². The maximum Gasteiger partial charge on any atom is 0.147 e. The molecule has 2 rings (SSSR count). The lowest BCUT2D eigenvalue weighted by Crippen LogP contribution is -2.46. The van der Waals surface area contributed by atoms with Crippen LogP contribution in [0, 0.1) is 5.92 Å². The molecule has 5 heteroatoms. The summed E-state index contributed by atoms with van der Waals surface area (Å²) >= 11 is 11.9. The van der Waals surface area contributed by atoms with Crippen LogP contribution in [0.15, 0.2) is 12.3 Å². The van der Waals surface area contributed by atoms with Gasteiger partial charge in [-0.25, -0.2) is 4.98 Å². The van der Waals surface area contributed by atoms with Crippen molar-refractivity contribution >= 4 is 29.0 Å². The van der Waals surface area contributed by atoms with E-state index in [-0.39, 0.29) is 6.04 Å². The van der Waals surface area contributed by atoms with Crippen LogP contribution in [0.5, 0.6) is 0 Å². The van der Waals surface area contributed by atoms with Gasteiger partial charge in [0.25, 0.3) is 0 Å². The zero-order chi connectivity index (χ0) is 11.7. The topological polar surface area (TPSA) is 42.2 Å². The molecule has 2 unspecified atom stereocenters. The lowest BCUT2D eigenvalue weighted by Gasteiger charge is -2.36. The molecule has 1 fully saturated rings. The molecule has 0 amide bonds. The van der Waals surface area contributed by atoms with Gasteiger partial charge in [0.2, 0.25) is 0 Å². The Morgan fingerprint density at radius 1 is 1.50 bits per heavy atom. The number of rotatable bonds is 1. The Morgan fingerprint density at radius 3 is 2.88 bits per heavy atom. The third kappa shape index (κ3) is 2.42. The lowest BCUT2D eigenvalue weighted by atomic mass is 9.95. The van der Waals surface area contributed by atoms with Crippen molar-refractivity contribution in [1.29, 1.82) is 0 Å². The second-order valence-corrected chi connectivity index (χ2v) is 5.18. The van der Waals surface area contributed by atoms with Gasteiger partial charge in [-0.1, -0.05) is 30.1 Å². The largest absolute Gasteiger partial charge is 0.355 e. The molecule has 2 N–H and O–H groups in total. The number of hydrogen-bond donors (Lipinski definition) is 1. The van der Waals surface area contributed by atoms with Gasteiger partial charge >= 0.3 is 0 Å². The predicted octanol–water partition coefficient (Wildman–Crippen LogP) is 2.56. The minimum Gasteiger partial charge on any atom is -0.355 e. The summed E-state index contributed by atoms with van der Waals surface area (Å²) in [5.41, 5.74) is 5.98. The third-order valence-electron chi connectivity index (χ3n) is 3.06. The van der Waals surface area contributed by atoms with Gasteiger partial charge in [0.05, 0.1) is 10.0 Å². The average molecular weight is 260 g/mol. The monoisotopic (exact) mass is 259 g/mol. The highest BCUT2D eigenvalue weighted by Gasteiger charge is 2.25. The molecule has 1 aromatic heterocycles. The minimum atomic E-state index is 0.280. The van der Waals surface area contributed by atoms with E-state index in [1.54, 1.807) is 12.3 Å². The second-order valence-electron chi connectivity index (χ2n) is 4.33. The minimum absolute atomic E-state index is 0.280. The lowest BCUT2D eigenvalue weighted by molar-refractivity contribution is 0.381. The standard InChI is InChI=1S/C11H15Cl2N3/c1-7-6-16(3-2-10(7)14)11-9(13)4-8(12)5-15-11/h4-5,7,10H,2-3,6,14H2,1H3. The zero-order valence-electron chi connectivity index (χ0n) is 9.16. The van der Waals surface area contributed by atoms with Gasteiger partial charge < -0.3 is 10.6 Å². The summed E-state index contributed by atoms with van der Waals surface area (Å²) in [6.45, 7) is 3.95. The van der Waals surface area contributed by atoms with Gasteiger partial charge in [-0.2, -0.15) is 0 Å². The summed E-state index contributed by atoms with van der Waals surface area (Å²) in [4.78, 5) is 6.46. The van der Waals surface area contributed by atoms with Crippen LogP contribution in [0.2, 0.25) is 10.0 Å². The molecule has 0 aliphatic carbocycles.